The molecule has 8 nitrogen and oxygen atoms in total. The number of non-ortho nitro benzene ring substituents is 2. The number of anilines is 1. The van der Waals surface area contributed by atoms with Gasteiger partial charge in [-0.3, -0.25) is 25.0 Å². The van der Waals surface area contributed by atoms with E-state index in [0.29, 0.717) is 18.2 Å². The Hall–Kier alpha value is -3.21. The SMILES string of the molecule is O=C(Nc1cc(C(F)(F)F)ccc1Cl)c1cc([N+](=O)[O-])cc([N+](=O)[O-])c1. The van der Waals surface area contributed by atoms with Crippen molar-refractivity contribution in [3.8, 4) is 0 Å². The van der Waals surface area contributed by atoms with E-state index in [1.54, 1.807) is 0 Å². The Bertz CT molecular complexity index is 885. The number of rotatable bonds is 4. The number of halogens is 4. The van der Waals surface area contributed by atoms with Crippen molar-refractivity contribution >= 4 is 34.6 Å². The first-order valence-electron chi connectivity index (χ1n) is 6.61. The van der Waals surface area contributed by atoms with Gasteiger partial charge in [-0.25, -0.2) is 0 Å². The molecule has 0 bridgehead atoms. The number of nitrogens with zero attached hydrogens (tertiary/aromatic N) is 2. The van der Waals surface area contributed by atoms with E-state index in [9.17, 15) is 38.2 Å². The number of carbonyl (C=O) groups excluding carboxylic acids is 1. The monoisotopic (exact) mass is 389 g/mol. The molecule has 2 rings (SSSR count). The number of nitro benzene ring substituents is 2. The Labute approximate surface area is 147 Å². The third-order valence-electron chi connectivity index (χ3n) is 3.13. The summed E-state index contributed by atoms with van der Waals surface area (Å²) in [4.78, 5) is 31.9. The van der Waals surface area contributed by atoms with E-state index in [2.05, 4.69) is 5.32 Å². The fraction of sp³-hybridized carbons (Fsp3) is 0.0714. The molecule has 0 fully saturated rings. The average Bonchev–Trinajstić information content (AvgIpc) is 2.55. The van der Waals surface area contributed by atoms with Gasteiger partial charge in [0.25, 0.3) is 17.3 Å². The predicted molar refractivity (Wildman–Crippen MR) is 84.2 cm³/mol. The second kappa shape index (κ2) is 6.96. The van der Waals surface area contributed by atoms with Crippen molar-refractivity contribution in [3.05, 3.63) is 72.8 Å². The van der Waals surface area contributed by atoms with Crippen molar-refractivity contribution in [2.75, 3.05) is 5.32 Å². The van der Waals surface area contributed by atoms with E-state index in [-0.39, 0.29) is 5.02 Å². The maximum Gasteiger partial charge on any atom is 0.416 e. The highest BCUT2D eigenvalue weighted by Gasteiger charge is 2.31. The first kappa shape index (κ1) is 19.1. The van der Waals surface area contributed by atoms with Crippen LogP contribution in [0.4, 0.5) is 30.2 Å². The number of carbonyl (C=O) groups is 1. The van der Waals surface area contributed by atoms with Crippen LogP contribution in [0.15, 0.2) is 36.4 Å². The first-order valence-corrected chi connectivity index (χ1v) is 6.99. The molecule has 12 heteroatoms. The van der Waals surface area contributed by atoms with Crippen molar-refractivity contribution in [1.82, 2.24) is 0 Å². The molecular weight excluding hydrogens is 383 g/mol. The molecule has 0 saturated heterocycles. The van der Waals surface area contributed by atoms with Gasteiger partial charge < -0.3 is 5.32 Å². The Morgan fingerprint density at radius 1 is 1.00 bits per heavy atom. The number of hydrogen-bond acceptors (Lipinski definition) is 5. The first-order chi connectivity index (χ1) is 12.0. The fourth-order valence-corrected chi connectivity index (χ4v) is 2.09. The van der Waals surface area contributed by atoms with Gasteiger partial charge in [0.05, 0.1) is 37.7 Å². The summed E-state index contributed by atoms with van der Waals surface area (Å²) in [6.07, 6.45) is -4.69. The van der Waals surface area contributed by atoms with Crippen LogP contribution in [0, 0.1) is 20.2 Å². The number of amides is 1. The van der Waals surface area contributed by atoms with Crippen LogP contribution in [0.5, 0.6) is 0 Å². The van der Waals surface area contributed by atoms with Crippen molar-refractivity contribution in [2.45, 2.75) is 6.18 Å². The molecule has 0 aliphatic rings. The predicted octanol–water partition coefficient (Wildman–Crippen LogP) is 4.43. The van der Waals surface area contributed by atoms with E-state index in [1.165, 1.54) is 0 Å². The number of alkyl halides is 3. The summed E-state index contributed by atoms with van der Waals surface area (Å²) in [5.41, 5.74) is -3.42. The molecule has 1 N–H and O–H groups in total. The molecule has 0 atom stereocenters. The van der Waals surface area contributed by atoms with Gasteiger partial charge in [-0.15, -0.1) is 0 Å². The number of benzene rings is 2. The molecule has 0 radical (unpaired) electrons. The van der Waals surface area contributed by atoms with E-state index < -0.39 is 50.1 Å². The third-order valence-corrected chi connectivity index (χ3v) is 3.46. The van der Waals surface area contributed by atoms with Crippen molar-refractivity contribution in [1.29, 1.82) is 0 Å². The van der Waals surface area contributed by atoms with Crippen LogP contribution in [0.1, 0.15) is 15.9 Å². The highest BCUT2D eigenvalue weighted by Crippen LogP contribution is 2.34. The summed E-state index contributed by atoms with van der Waals surface area (Å²) in [5, 5.41) is 23.5. The molecule has 0 saturated carbocycles. The minimum atomic E-state index is -4.69. The van der Waals surface area contributed by atoms with Gasteiger partial charge in [0.1, 0.15) is 0 Å². The smallest absolute Gasteiger partial charge is 0.321 e. The van der Waals surface area contributed by atoms with E-state index in [0.717, 1.165) is 18.2 Å². The van der Waals surface area contributed by atoms with Crippen LogP contribution >= 0.6 is 11.6 Å². The fourth-order valence-electron chi connectivity index (χ4n) is 1.93. The van der Waals surface area contributed by atoms with E-state index in [4.69, 9.17) is 11.6 Å². The van der Waals surface area contributed by atoms with Crippen LogP contribution in [0.25, 0.3) is 0 Å². The van der Waals surface area contributed by atoms with E-state index in [1.807, 2.05) is 0 Å². The minimum absolute atomic E-state index is 0.216. The highest BCUT2D eigenvalue weighted by molar-refractivity contribution is 6.34. The summed E-state index contributed by atoms with van der Waals surface area (Å²) in [7, 11) is 0. The Morgan fingerprint density at radius 3 is 2.00 bits per heavy atom. The van der Waals surface area contributed by atoms with Crippen LogP contribution < -0.4 is 5.32 Å². The lowest BCUT2D eigenvalue weighted by atomic mass is 10.1. The molecule has 0 spiro atoms. The molecule has 0 unspecified atom stereocenters. The van der Waals surface area contributed by atoms with Gasteiger partial charge in [-0.05, 0) is 18.2 Å². The van der Waals surface area contributed by atoms with Gasteiger partial charge in [0.15, 0.2) is 0 Å². The molecule has 2 aromatic rings. The quantitative estimate of drug-likeness (QED) is 0.613. The van der Waals surface area contributed by atoms with Crippen molar-refractivity contribution < 1.29 is 27.8 Å². The lowest BCUT2D eigenvalue weighted by molar-refractivity contribution is -0.394. The summed E-state index contributed by atoms with van der Waals surface area (Å²) in [6.45, 7) is 0. The van der Waals surface area contributed by atoms with Crippen molar-refractivity contribution in [3.63, 3.8) is 0 Å². The Morgan fingerprint density at radius 2 is 1.54 bits per heavy atom. The largest absolute Gasteiger partial charge is 0.416 e. The highest BCUT2D eigenvalue weighted by atomic mass is 35.5. The lowest BCUT2D eigenvalue weighted by Gasteiger charge is -2.11. The summed E-state index contributed by atoms with van der Waals surface area (Å²) >= 11 is 5.74. The van der Waals surface area contributed by atoms with Crippen LogP contribution in [-0.2, 0) is 6.18 Å². The third kappa shape index (κ3) is 4.25. The molecule has 0 aliphatic carbocycles. The minimum Gasteiger partial charge on any atom is -0.321 e. The maximum atomic E-state index is 12.7. The van der Waals surface area contributed by atoms with Gasteiger partial charge in [0, 0.05) is 12.1 Å². The molecule has 26 heavy (non-hydrogen) atoms. The van der Waals surface area contributed by atoms with Gasteiger partial charge in [-0.2, -0.15) is 13.2 Å². The number of hydrogen-bond donors (Lipinski definition) is 1. The Balaban J connectivity index is 2.42. The van der Waals surface area contributed by atoms with E-state index >= 15 is 0 Å². The van der Waals surface area contributed by atoms with Gasteiger partial charge in [-0.1, -0.05) is 11.6 Å². The zero-order chi connectivity index (χ0) is 19.6. The Kier molecular flexibility index (Phi) is 5.12. The molecule has 0 aliphatic heterocycles. The topological polar surface area (TPSA) is 115 Å². The average molecular weight is 390 g/mol. The normalized spacial score (nSPS) is 11.1. The summed E-state index contributed by atoms with van der Waals surface area (Å²) in [6, 6.07) is 4.35. The van der Waals surface area contributed by atoms with Crippen molar-refractivity contribution in [2.24, 2.45) is 0 Å². The van der Waals surface area contributed by atoms with Crippen LogP contribution in [0.3, 0.4) is 0 Å². The standard InChI is InChI=1S/C14H7ClF3N3O5/c15-11-2-1-8(14(16,17)18)5-12(11)19-13(22)7-3-9(20(23)24)6-10(4-7)21(25)26/h1-6H,(H,19,22). The summed E-state index contributed by atoms with van der Waals surface area (Å²) < 4.78 is 38.2. The molecule has 0 heterocycles. The lowest BCUT2D eigenvalue weighted by Crippen LogP contribution is -2.14. The zero-order valence-electron chi connectivity index (χ0n) is 12.4. The molecule has 0 aromatic heterocycles. The van der Waals surface area contributed by atoms with Crippen LogP contribution in [0.2, 0.25) is 5.02 Å². The summed E-state index contributed by atoms with van der Waals surface area (Å²) in [5.74, 6) is -1.10. The molecule has 1 amide bonds. The maximum absolute atomic E-state index is 12.7. The zero-order valence-corrected chi connectivity index (χ0v) is 13.2. The van der Waals surface area contributed by atoms with Gasteiger partial charge in [0.2, 0.25) is 0 Å². The molecular formula is C14H7ClF3N3O5. The second-order valence-electron chi connectivity index (χ2n) is 4.90. The molecule has 2 aromatic carbocycles. The van der Waals surface area contributed by atoms with Gasteiger partial charge >= 0.3 is 6.18 Å². The van der Waals surface area contributed by atoms with Crippen LogP contribution in [-0.4, -0.2) is 15.8 Å². The second-order valence-corrected chi connectivity index (χ2v) is 5.31. The number of nitrogens with one attached hydrogen (secondary N) is 1. The number of nitro groups is 2. The molecule has 136 valence electrons.